The van der Waals surface area contributed by atoms with Gasteiger partial charge in [-0.15, -0.1) is 0 Å². The Morgan fingerprint density at radius 3 is 2.71 bits per heavy atom. The predicted octanol–water partition coefficient (Wildman–Crippen LogP) is 4.33. The summed E-state index contributed by atoms with van der Waals surface area (Å²) >= 11 is 6.20. The first-order valence-corrected chi connectivity index (χ1v) is 9.51. The lowest BCUT2D eigenvalue weighted by Gasteiger charge is -2.11. The molecule has 2 aromatic carbocycles. The van der Waals surface area contributed by atoms with Gasteiger partial charge in [0.05, 0.1) is 11.2 Å². The number of aromatic nitrogens is 2. The third-order valence-corrected chi connectivity index (χ3v) is 4.91. The molecule has 5 nitrogen and oxygen atoms in total. The average molecular weight is 393 g/mol. The summed E-state index contributed by atoms with van der Waals surface area (Å²) in [7, 11) is 3.94. The summed E-state index contributed by atoms with van der Waals surface area (Å²) in [5, 5.41) is 5.61. The number of nitrogens with zero attached hydrogens (tertiary/aromatic N) is 2. The summed E-state index contributed by atoms with van der Waals surface area (Å²) in [6, 6.07) is 17.4. The molecule has 0 aliphatic carbocycles. The first-order chi connectivity index (χ1) is 13.5. The van der Waals surface area contributed by atoms with Gasteiger partial charge < -0.3 is 15.2 Å². The first-order valence-electron chi connectivity index (χ1n) is 9.13. The molecule has 1 amide bonds. The normalized spacial score (nSPS) is 11.4. The van der Waals surface area contributed by atoms with Gasteiger partial charge in [0.1, 0.15) is 5.69 Å². The lowest BCUT2D eigenvalue weighted by atomic mass is 10.1. The molecule has 4 rings (SSSR count). The molecule has 0 saturated carbocycles. The fourth-order valence-corrected chi connectivity index (χ4v) is 3.48. The summed E-state index contributed by atoms with van der Waals surface area (Å²) in [6.45, 7) is 1.33. The summed E-state index contributed by atoms with van der Waals surface area (Å²) in [5.74, 6) is -0.183. The second-order valence-electron chi connectivity index (χ2n) is 7.02. The van der Waals surface area contributed by atoms with Crippen molar-refractivity contribution in [3.05, 3.63) is 65.3 Å². The molecule has 6 heteroatoms. The Hall–Kier alpha value is -2.89. The number of carbonyl (C=O) groups excluding carboxylic acids is 1. The molecule has 2 heterocycles. The largest absolute Gasteiger partial charge is 0.353 e. The standard InChI is InChI=1S/C22H21ClN4O/c1-27(2)11-10-24-22(28)19-13-17-16-8-3-4-9-18(16)25-21(17)20(26-19)14-6-5-7-15(23)12-14/h3-9,12-13,25H,10-11H2,1-2H3,(H,24,28). The highest BCUT2D eigenvalue weighted by Gasteiger charge is 2.17. The molecule has 4 aromatic rings. The highest BCUT2D eigenvalue weighted by molar-refractivity contribution is 6.31. The van der Waals surface area contributed by atoms with E-state index in [0.717, 1.165) is 33.9 Å². The lowest BCUT2D eigenvalue weighted by molar-refractivity contribution is 0.0946. The third-order valence-electron chi connectivity index (χ3n) is 4.67. The fraction of sp³-hybridized carbons (Fsp3) is 0.182. The van der Waals surface area contributed by atoms with Crippen molar-refractivity contribution in [3.8, 4) is 11.3 Å². The van der Waals surface area contributed by atoms with Crippen molar-refractivity contribution in [2.24, 2.45) is 0 Å². The van der Waals surface area contributed by atoms with Crippen molar-refractivity contribution in [1.82, 2.24) is 20.2 Å². The molecule has 0 unspecified atom stereocenters. The molecular formula is C22H21ClN4O. The number of pyridine rings is 1. The van der Waals surface area contributed by atoms with Crippen LogP contribution in [0.25, 0.3) is 33.1 Å². The van der Waals surface area contributed by atoms with Crippen molar-refractivity contribution in [2.45, 2.75) is 0 Å². The highest BCUT2D eigenvalue weighted by Crippen LogP contribution is 2.33. The molecular weight excluding hydrogens is 372 g/mol. The third kappa shape index (κ3) is 3.59. The number of halogens is 1. The number of carbonyl (C=O) groups is 1. The second kappa shape index (κ2) is 7.62. The van der Waals surface area contributed by atoms with E-state index in [0.29, 0.717) is 23.0 Å². The van der Waals surface area contributed by atoms with Crippen molar-refractivity contribution in [2.75, 3.05) is 27.2 Å². The maximum absolute atomic E-state index is 12.7. The SMILES string of the molecule is CN(C)CCNC(=O)c1cc2c([nH]c3ccccc32)c(-c2cccc(Cl)c2)n1. The van der Waals surface area contributed by atoms with Crippen LogP contribution < -0.4 is 5.32 Å². The Labute approximate surface area is 168 Å². The summed E-state index contributed by atoms with van der Waals surface area (Å²) in [6.07, 6.45) is 0. The molecule has 0 aliphatic heterocycles. The van der Waals surface area contributed by atoms with Gasteiger partial charge in [-0.05, 0) is 38.4 Å². The van der Waals surface area contributed by atoms with Crippen LogP contribution in [0.1, 0.15) is 10.5 Å². The number of nitrogens with one attached hydrogen (secondary N) is 2. The minimum absolute atomic E-state index is 0.183. The number of likely N-dealkylation sites (N-methyl/N-ethyl adjacent to an activating group) is 1. The average Bonchev–Trinajstić information content (AvgIpc) is 3.05. The number of H-pyrrole nitrogens is 1. The van der Waals surface area contributed by atoms with E-state index in [-0.39, 0.29) is 5.91 Å². The van der Waals surface area contributed by atoms with E-state index in [1.807, 2.05) is 73.6 Å². The number of fused-ring (bicyclic) bond motifs is 3. The van der Waals surface area contributed by atoms with Crippen LogP contribution in [-0.2, 0) is 0 Å². The van der Waals surface area contributed by atoms with Gasteiger partial charge in [0, 0.05) is 40.0 Å². The Kier molecular flexibility index (Phi) is 5.03. The number of rotatable bonds is 5. The molecule has 0 bridgehead atoms. The minimum atomic E-state index is -0.183. The van der Waals surface area contributed by atoms with Gasteiger partial charge in [-0.1, -0.05) is 41.9 Å². The van der Waals surface area contributed by atoms with Crippen LogP contribution in [-0.4, -0.2) is 48.0 Å². The quantitative estimate of drug-likeness (QED) is 0.531. The first kappa shape index (κ1) is 18.5. The van der Waals surface area contributed by atoms with Gasteiger partial charge in [0.15, 0.2) is 0 Å². The smallest absolute Gasteiger partial charge is 0.269 e. The van der Waals surface area contributed by atoms with E-state index < -0.39 is 0 Å². The Balaban J connectivity index is 1.87. The van der Waals surface area contributed by atoms with Crippen LogP contribution in [0.5, 0.6) is 0 Å². The van der Waals surface area contributed by atoms with E-state index >= 15 is 0 Å². The van der Waals surface area contributed by atoms with Gasteiger partial charge in [0.25, 0.3) is 5.91 Å². The Bertz CT molecular complexity index is 1170. The Morgan fingerprint density at radius 1 is 1.11 bits per heavy atom. The van der Waals surface area contributed by atoms with Gasteiger partial charge >= 0.3 is 0 Å². The summed E-state index contributed by atoms with van der Waals surface area (Å²) in [5.41, 5.74) is 3.88. The minimum Gasteiger partial charge on any atom is -0.353 e. The Morgan fingerprint density at radius 2 is 1.93 bits per heavy atom. The number of aromatic amines is 1. The molecule has 0 fully saturated rings. The predicted molar refractivity (Wildman–Crippen MR) is 115 cm³/mol. The summed E-state index contributed by atoms with van der Waals surface area (Å²) < 4.78 is 0. The lowest BCUT2D eigenvalue weighted by Crippen LogP contribution is -2.31. The van der Waals surface area contributed by atoms with Crippen LogP contribution >= 0.6 is 11.6 Å². The molecule has 2 N–H and O–H groups in total. The molecule has 0 radical (unpaired) electrons. The van der Waals surface area contributed by atoms with E-state index in [2.05, 4.69) is 15.3 Å². The van der Waals surface area contributed by atoms with Crippen molar-refractivity contribution in [3.63, 3.8) is 0 Å². The number of hydrogen-bond donors (Lipinski definition) is 2. The monoisotopic (exact) mass is 392 g/mol. The van der Waals surface area contributed by atoms with Gasteiger partial charge in [-0.2, -0.15) is 0 Å². The molecule has 0 atom stereocenters. The van der Waals surface area contributed by atoms with Crippen LogP contribution in [0.4, 0.5) is 0 Å². The molecule has 0 spiro atoms. The van der Waals surface area contributed by atoms with E-state index in [1.165, 1.54) is 0 Å². The van der Waals surface area contributed by atoms with Crippen LogP contribution in [0.3, 0.4) is 0 Å². The van der Waals surface area contributed by atoms with Crippen molar-refractivity contribution < 1.29 is 4.79 Å². The number of amides is 1. The topological polar surface area (TPSA) is 61.0 Å². The van der Waals surface area contributed by atoms with Gasteiger partial charge in [0.2, 0.25) is 0 Å². The highest BCUT2D eigenvalue weighted by atomic mass is 35.5. The van der Waals surface area contributed by atoms with Gasteiger partial charge in [-0.25, -0.2) is 4.98 Å². The zero-order valence-corrected chi connectivity index (χ0v) is 16.5. The molecule has 2 aromatic heterocycles. The maximum Gasteiger partial charge on any atom is 0.269 e. The number of para-hydroxylation sites is 1. The second-order valence-corrected chi connectivity index (χ2v) is 7.46. The number of benzene rings is 2. The molecule has 0 aliphatic rings. The van der Waals surface area contributed by atoms with E-state index in [1.54, 1.807) is 0 Å². The van der Waals surface area contributed by atoms with Gasteiger partial charge in [-0.3, -0.25) is 4.79 Å². The maximum atomic E-state index is 12.7. The van der Waals surface area contributed by atoms with Crippen molar-refractivity contribution >= 4 is 39.3 Å². The van der Waals surface area contributed by atoms with Crippen LogP contribution in [0, 0.1) is 0 Å². The molecule has 28 heavy (non-hydrogen) atoms. The zero-order valence-electron chi connectivity index (χ0n) is 15.8. The summed E-state index contributed by atoms with van der Waals surface area (Å²) in [4.78, 5) is 22.9. The van der Waals surface area contributed by atoms with Crippen LogP contribution in [0.15, 0.2) is 54.6 Å². The molecule has 142 valence electrons. The fourth-order valence-electron chi connectivity index (χ4n) is 3.29. The van der Waals surface area contributed by atoms with Crippen LogP contribution in [0.2, 0.25) is 5.02 Å². The van der Waals surface area contributed by atoms with E-state index in [4.69, 9.17) is 11.6 Å². The van der Waals surface area contributed by atoms with Crippen molar-refractivity contribution in [1.29, 1.82) is 0 Å². The van der Waals surface area contributed by atoms with E-state index in [9.17, 15) is 4.79 Å². The number of hydrogen-bond acceptors (Lipinski definition) is 3. The zero-order chi connectivity index (χ0) is 19.7. The molecule has 0 saturated heterocycles.